The number of nitrogens with one attached hydrogen (secondary N) is 1. The Kier molecular flexibility index (Phi) is 11.1. The molecule has 28 heavy (non-hydrogen) atoms. The molecule has 2 N–H and O–H groups in total. The number of aliphatic hydroxyl groups is 1. The van der Waals surface area contributed by atoms with Gasteiger partial charge in [0.1, 0.15) is 5.75 Å². The molecule has 2 aromatic rings. The molecule has 1 heterocycles. The fourth-order valence-electron chi connectivity index (χ4n) is 3.12. The first-order valence-corrected chi connectivity index (χ1v) is 9.35. The van der Waals surface area contributed by atoms with E-state index in [2.05, 4.69) is 42.9 Å². The summed E-state index contributed by atoms with van der Waals surface area (Å²) in [6.07, 6.45) is 1.78. The Hall–Kier alpha value is -1.27. The monoisotopic (exact) mass is 431 g/mol. The summed E-state index contributed by atoms with van der Waals surface area (Å²) >= 11 is 0. The maximum absolute atomic E-state index is 11.0. The molecule has 0 radical (unpaired) electrons. The van der Waals surface area contributed by atoms with Crippen LogP contribution in [0.2, 0.25) is 0 Å². The van der Waals surface area contributed by atoms with Gasteiger partial charge in [-0.05, 0) is 38.8 Å². The lowest BCUT2D eigenvalue weighted by Gasteiger charge is -2.35. The second-order valence-corrected chi connectivity index (χ2v) is 8.02. The molecule has 1 unspecified atom stereocenters. The maximum atomic E-state index is 11.0. The first-order chi connectivity index (χ1) is 12.2. The van der Waals surface area contributed by atoms with Gasteiger partial charge in [-0.15, -0.1) is 24.8 Å². The number of anilines is 1. The van der Waals surface area contributed by atoms with E-state index in [1.807, 2.05) is 31.2 Å². The number of fused-ring (bicyclic) bond motifs is 1. The average Bonchev–Trinajstić information content (AvgIpc) is 2.58. The van der Waals surface area contributed by atoms with Crippen LogP contribution in [-0.4, -0.2) is 53.4 Å². The van der Waals surface area contributed by atoms with Gasteiger partial charge in [0.25, 0.3) is 0 Å². The molecular weight excluding hydrogens is 397 g/mol. The molecule has 0 fully saturated rings. The highest BCUT2D eigenvalue weighted by Gasteiger charge is 2.26. The van der Waals surface area contributed by atoms with Crippen molar-refractivity contribution in [1.82, 2.24) is 9.88 Å². The number of nitrogens with zero attached hydrogens (tertiary/aromatic N) is 2. The highest BCUT2D eigenvalue weighted by atomic mass is 35.5. The van der Waals surface area contributed by atoms with E-state index in [4.69, 9.17) is 4.74 Å². The Balaban J connectivity index is 0.00000364. The third kappa shape index (κ3) is 7.63. The van der Waals surface area contributed by atoms with E-state index in [-0.39, 0.29) is 24.8 Å². The van der Waals surface area contributed by atoms with Gasteiger partial charge in [0.15, 0.2) is 0 Å². The van der Waals surface area contributed by atoms with E-state index in [0.717, 1.165) is 28.9 Å². The van der Waals surface area contributed by atoms with E-state index >= 15 is 0 Å². The Bertz CT molecular complexity index is 724. The topological polar surface area (TPSA) is 57.6 Å². The molecule has 0 saturated heterocycles. The molecule has 1 atom stereocenters. The first-order valence-electron chi connectivity index (χ1n) is 9.35. The Labute approximate surface area is 181 Å². The van der Waals surface area contributed by atoms with Crippen molar-refractivity contribution < 1.29 is 9.84 Å². The van der Waals surface area contributed by atoms with Crippen molar-refractivity contribution in [2.75, 3.05) is 32.1 Å². The Morgan fingerprint density at radius 2 is 1.89 bits per heavy atom. The minimum absolute atomic E-state index is 0. The van der Waals surface area contributed by atoms with Crippen LogP contribution in [-0.2, 0) is 0 Å². The molecule has 0 bridgehead atoms. The third-order valence-electron chi connectivity index (χ3n) is 4.45. The quantitative estimate of drug-likeness (QED) is 0.606. The van der Waals surface area contributed by atoms with Crippen molar-refractivity contribution in [3.05, 3.63) is 30.5 Å². The molecule has 2 rings (SSSR count). The summed E-state index contributed by atoms with van der Waals surface area (Å²) in [5.74, 6) is 1.34. The van der Waals surface area contributed by atoms with Crippen LogP contribution in [0.4, 0.5) is 5.69 Å². The summed E-state index contributed by atoms with van der Waals surface area (Å²) in [6.45, 7) is 12.7. The lowest BCUT2D eigenvalue weighted by atomic mass is 10.0. The van der Waals surface area contributed by atoms with Gasteiger partial charge in [0.05, 0.1) is 23.9 Å². The summed E-state index contributed by atoms with van der Waals surface area (Å²) in [4.78, 5) is 6.80. The molecule has 5 nitrogen and oxygen atoms in total. The van der Waals surface area contributed by atoms with Crippen LogP contribution in [0.25, 0.3) is 10.9 Å². The predicted octanol–water partition coefficient (Wildman–Crippen LogP) is 4.62. The highest BCUT2D eigenvalue weighted by Crippen LogP contribution is 2.28. The molecule has 160 valence electrons. The van der Waals surface area contributed by atoms with Crippen molar-refractivity contribution in [2.45, 2.75) is 46.3 Å². The minimum Gasteiger partial charge on any atom is -0.497 e. The standard InChI is InChI=1S/C21H33N3O2.2ClH/c1-15(2)12-24(16(3)4)14-21(5,25)13-23-19-11-18(26-6)10-17-8-7-9-22-20(17)19;;/h7-11,15-16,23,25H,12-14H2,1-6H3;2*1H. The molecule has 0 spiro atoms. The largest absolute Gasteiger partial charge is 0.497 e. The number of benzene rings is 1. The van der Waals surface area contributed by atoms with Crippen LogP contribution in [0.5, 0.6) is 5.75 Å². The number of hydrogen-bond acceptors (Lipinski definition) is 5. The summed E-state index contributed by atoms with van der Waals surface area (Å²) in [7, 11) is 1.66. The highest BCUT2D eigenvalue weighted by molar-refractivity contribution is 5.91. The summed E-state index contributed by atoms with van der Waals surface area (Å²) in [5.41, 5.74) is 0.899. The van der Waals surface area contributed by atoms with Crippen molar-refractivity contribution >= 4 is 41.4 Å². The van der Waals surface area contributed by atoms with Gasteiger partial charge in [-0.1, -0.05) is 19.9 Å². The van der Waals surface area contributed by atoms with E-state index < -0.39 is 5.60 Å². The third-order valence-corrected chi connectivity index (χ3v) is 4.45. The van der Waals surface area contributed by atoms with Gasteiger partial charge >= 0.3 is 0 Å². The predicted molar refractivity (Wildman–Crippen MR) is 123 cm³/mol. The van der Waals surface area contributed by atoms with Crippen molar-refractivity contribution in [3.8, 4) is 5.75 Å². The maximum Gasteiger partial charge on any atom is 0.121 e. The second-order valence-electron chi connectivity index (χ2n) is 8.02. The second kappa shape index (κ2) is 11.7. The van der Waals surface area contributed by atoms with Gasteiger partial charge in [-0.2, -0.15) is 0 Å². The van der Waals surface area contributed by atoms with E-state index in [1.165, 1.54) is 0 Å². The van der Waals surface area contributed by atoms with Crippen LogP contribution in [0.1, 0.15) is 34.6 Å². The summed E-state index contributed by atoms with van der Waals surface area (Å²) < 4.78 is 5.40. The minimum atomic E-state index is -0.858. The fraction of sp³-hybridized carbons (Fsp3) is 0.571. The fourth-order valence-corrected chi connectivity index (χ4v) is 3.12. The van der Waals surface area contributed by atoms with Gasteiger partial charge < -0.3 is 15.2 Å². The summed E-state index contributed by atoms with van der Waals surface area (Å²) in [5, 5.41) is 15.3. The van der Waals surface area contributed by atoms with E-state index in [1.54, 1.807) is 13.3 Å². The zero-order chi connectivity index (χ0) is 19.3. The van der Waals surface area contributed by atoms with Crippen LogP contribution in [0.15, 0.2) is 30.5 Å². The van der Waals surface area contributed by atoms with E-state index in [0.29, 0.717) is 25.0 Å². The van der Waals surface area contributed by atoms with Crippen LogP contribution >= 0.6 is 24.8 Å². The van der Waals surface area contributed by atoms with E-state index in [9.17, 15) is 5.11 Å². The van der Waals surface area contributed by atoms with Gasteiger partial charge in [0.2, 0.25) is 0 Å². The zero-order valence-corrected chi connectivity index (χ0v) is 19.4. The van der Waals surface area contributed by atoms with Crippen molar-refractivity contribution in [2.24, 2.45) is 5.92 Å². The Morgan fingerprint density at radius 1 is 1.21 bits per heavy atom. The molecule has 1 aromatic carbocycles. The number of ether oxygens (including phenoxy) is 1. The molecular formula is C21H35Cl2N3O2. The average molecular weight is 432 g/mol. The number of pyridine rings is 1. The molecule has 0 aliphatic rings. The number of methoxy groups -OCH3 is 1. The smallest absolute Gasteiger partial charge is 0.121 e. The SMILES string of the molecule is COc1cc(NCC(C)(O)CN(CC(C)C)C(C)C)c2ncccc2c1.Cl.Cl. The van der Waals surface area contributed by atoms with Gasteiger partial charge in [0, 0.05) is 43.3 Å². The first kappa shape index (κ1) is 26.7. The molecule has 0 saturated carbocycles. The zero-order valence-electron chi connectivity index (χ0n) is 17.7. The lowest BCUT2D eigenvalue weighted by Crippen LogP contribution is -2.48. The van der Waals surface area contributed by atoms with Gasteiger partial charge in [-0.25, -0.2) is 0 Å². The molecule has 1 aromatic heterocycles. The normalized spacial score (nSPS) is 13.2. The Morgan fingerprint density at radius 3 is 2.46 bits per heavy atom. The summed E-state index contributed by atoms with van der Waals surface area (Å²) in [6, 6.07) is 8.21. The number of aromatic nitrogens is 1. The van der Waals surface area contributed by atoms with Crippen molar-refractivity contribution in [1.29, 1.82) is 0 Å². The molecule has 0 aliphatic heterocycles. The molecule has 0 aliphatic carbocycles. The number of rotatable bonds is 9. The van der Waals surface area contributed by atoms with Crippen molar-refractivity contribution in [3.63, 3.8) is 0 Å². The molecule has 7 heteroatoms. The van der Waals surface area contributed by atoms with Crippen LogP contribution in [0, 0.1) is 5.92 Å². The van der Waals surface area contributed by atoms with Crippen LogP contribution < -0.4 is 10.1 Å². The molecule has 0 amide bonds. The number of halogens is 2. The lowest BCUT2D eigenvalue weighted by molar-refractivity contribution is 0.0169. The number of hydrogen-bond donors (Lipinski definition) is 2. The van der Waals surface area contributed by atoms with Crippen LogP contribution in [0.3, 0.4) is 0 Å². The van der Waals surface area contributed by atoms with Gasteiger partial charge in [-0.3, -0.25) is 9.88 Å².